The van der Waals surface area contributed by atoms with Crippen LogP contribution >= 0.6 is 12.4 Å². The highest BCUT2D eigenvalue weighted by Gasteiger charge is 2.23. The summed E-state index contributed by atoms with van der Waals surface area (Å²) in [6.45, 7) is 1.53. The number of anilines is 1. The second-order valence-electron chi connectivity index (χ2n) is 4.22. The Labute approximate surface area is 114 Å². The van der Waals surface area contributed by atoms with E-state index in [4.69, 9.17) is 4.74 Å². The van der Waals surface area contributed by atoms with Gasteiger partial charge in [0.25, 0.3) is 5.91 Å². The molecular weight excluding hydrogens is 252 g/mol. The van der Waals surface area contributed by atoms with Crippen molar-refractivity contribution in [2.24, 2.45) is 0 Å². The Hall–Kier alpha value is -1.10. The molecule has 0 aliphatic carbocycles. The van der Waals surface area contributed by atoms with Gasteiger partial charge in [0.15, 0.2) is 0 Å². The van der Waals surface area contributed by atoms with Gasteiger partial charge in [0.05, 0.1) is 0 Å². The van der Waals surface area contributed by atoms with Gasteiger partial charge >= 0.3 is 0 Å². The fraction of sp³-hybridized carbons (Fsp3) is 0.462. The third-order valence-corrected chi connectivity index (χ3v) is 2.82. The monoisotopic (exact) mass is 270 g/mol. The van der Waals surface area contributed by atoms with E-state index in [1.165, 1.54) is 5.56 Å². The summed E-state index contributed by atoms with van der Waals surface area (Å²) in [5.74, 6) is -0.0381. The molecule has 2 rings (SSSR count). The third-order valence-electron chi connectivity index (χ3n) is 2.82. The first-order valence-electron chi connectivity index (χ1n) is 5.95. The number of nitrogens with one attached hydrogen (secondary N) is 2. The zero-order chi connectivity index (χ0) is 12.1. The Morgan fingerprint density at radius 3 is 2.67 bits per heavy atom. The van der Waals surface area contributed by atoms with E-state index in [0.717, 1.165) is 25.1 Å². The number of halogens is 1. The average Bonchev–Trinajstić information content (AvgIpc) is 2.86. The Morgan fingerprint density at radius 1 is 1.39 bits per heavy atom. The molecule has 1 aromatic rings. The molecular formula is C13H19ClN2O2. The fourth-order valence-corrected chi connectivity index (χ4v) is 1.92. The van der Waals surface area contributed by atoms with Crippen molar-refractivity contribution in [3.05, 3.63) is 29.8 Å². The van der Waals surface area contributed by atoms with Crippen LogP contribution in [0.15, 0.2) is 24.3 Å². The smallest absolute Gasteiger partial charge is 0.253 e. The molecule has 5 heteroatoms. The van der Waals surface area contributed by atoms with Gasteiger partial charge in [0.1, 0.15) is 6.10 Å². The van der Waals surface area contributed by atoms with Gasteiger partial charge in [-0.2, -0.15) is 0 Å². The molecule has 1 amide bonds. The highest BCUT2D eigenvalue weighted by molar-refractivity contribution is 5.94. The summed E-state index contributed by atoms with van der Waals surface area (Å²) in [5.41, 5.74) is 2.02. The maximum Gasteiger partial charge on any atom is 0.253 e. The predicted octanol–water partition coefficient (Wildman–Crippen LogP) is 1.95. The van der Waals surface area contributed by atoms with E-state index in [1.807, 2.05) is 31.3 Å². The lowest BCUT2D eigenvalue weighted by atomic mass is 10.2. The molecule has 1 atom stereocenters. The lowest BCUT2D eigenvalue weighted by molar-refractivity contribution is -0.124. The Kier molecular flexibility index (Phi) is 6.12. The van der Waals surface area contributed by atoms with Gasteiger partial charge in [-0.05, 0) is 37.6 Å². The third kappa shape index (κ3) is 3.98. The quantitative estimate of drug-likeness (QED) is 0.879. The standard InChI is InChI=1S/C13H18N2O2.ClH/c1-14-9-10-4-6-11(7-5-10)15-13(16)12-3-2-8-17-12;/h4-7,12,14H,2-3,8-9H2,1H3,(H,15,16);1H/t12-;/m1./s1. The topological polar surface area (TPSA) is 50.4 Å². The van der Waals surface area contributed by atoms with E-state index in [-0.39, 0.29) is 24.4 Å². The summed E-state index contributed by atoms with van der Waals surface area (Å²) < 4.78 is 5.33. The average molecular weight is 271 g/mol. The van der Waals surface area contributed by atoms with Crippen LogP contribution in [-0.2, 0) is 16.1 Å². The minimum absolute atomic E-state index is 0. The largest absolute Gasteiger partial charge is 0.368 e. The molecule has 4 nitrogen and oxygen atoms in total. The molecule has 18 heavy (non-hydrogen) atoms. The number of hydrogen-bond donors (Lipinski definition) is 2. The molecule has 0 radical (unpaired) electrons. The maximum absolute atomic E-state index is 11.8. The van der Waals surface area contributed by atoms with Crippen molar-refractivity contribution in [1.82, 2.24) is 5.32 Å². The predicted molar refractivity (Wildman–Crippen MR) is 74.1 cm³/mol. The number of benzene rings is 1. The van der Waals surface area contributed by atoms with Crippen molar-refractivity contribution in [2.45, 2.75) is 25.5 Å². The lowest BCUT2D eigenvalue weighted by Gasteiger charge is -2.10. The zero-order valence-corrected chi connectivity index (χ0v) is 11.3. The van der Waals surface area contributed by atoms with Crippen LogP contribution in [0.1, 0.15) is 18.4 Å². The molecule has 1 aromatic carbocycles. The van der Waals surface area contributed by atoms with Gasteiger partial charge in [-0.3, -0.25) is 4.79 Å². The molecule has 1 heterocycles. The first-order chi connectivity index (χ1) is 8.29. The van der Waals surface area contributed by atoms with E-state index < -0.39 is 0 Å². The molecule has 0 spiro atoms. The normalized spacial score (nSPS) is 18.2. The van der Waals surface area contributed by atoms with Crippen molar-refractivity contribution in [2.75, 3.05) is 19.0 Å². The van der Waals surface area contributed by atoms with Crippen molar-refractivity contribution >= 4 is 24.0 Å². The maximum atomic E-state index is 11.8. The van der Waals surface area contributed by atoms with Gasteiger partial charge in [0, 0.05) is 18.8 Å². The molecule has 0 unspecified atom stereocenters. The highest BCUT2D eigenvalue weighted by Crippen LogP contribution is 2.15. The minimum atomic E-state index is -0.271. The fourth-order valence-electron chi connectivity index (χ4n) is 1.92. The summed E-state index contributed by atoms with van der Waals surface area (Å²) in [6.07, 6.45) is 1.52. The van der Waals surface area contributed by atoms with Gasteiger partial charge < -0.3 is 15.4 Å². The summed E-state index contributed by atoms with van der Waals surface area (Å²) in [7, 11) is 1.91. The summed E-state index contributed by atoms with van der Waals surface area (Å²) in [4.78, 5) is 11.8. The molecule has 100 valence electrons. The van der Waals surface area contributed by atoms with Crippen molar-refractivity contribution in [3.8, 4) is 0 Å². The van der Waals surface area contributed by atoms with Crippen LogP contribution in [0.2, 0.25) is 0 Å². The van der Waals surface area contributed by atoms with Crippen LogP contribution in [0.3, 0.4) is 0 Å². The van der Waals surface area contributed by atoms with Gasteiger partial charge in [-0.15, -0.1) is 12.4 Å². The Morgan fingerprint density at radius 2 is 2.11 bits per heavy atom. The first kappa shape index (κ1) is 15.0. The second-order valence-corrected chi connectivity index (χ2v) is 4.22. The van der Waals surface area contributed by atoms with Crippen LogP contribution in [0.25, 0.3) is 0 Å². The van der Waals surface area contributed by atoms with Gasteiger partial charge in [-0.1, -0.05) is 12.1 Å². The van der Waals surface area contributed by atoms with Crippen LogP contribution < -0.4 is 10.6 Å². The number of carbonyl (C=O) groups excluding carboxylic acids is 1. The summed E-state index contributed by atoms with van der Waals surface area (Å²) >= 11 is 0. The van der Waals surface area contributed by atoms with Crippen LogP contribution in [0.4, 0.5) is 5.69 Å². The molecule has 1 aliphatic rings. The summed E-state index contributed by atoms with van der Waals surface area (Å²) in [6, 6.07) is 7.84. The van der Waals surface area contributed by atoms with Gasteiger partial charge in [0.2, 0.25) is 0 Å². The molecule has 0 bridgehead atoms. The number of rotatable bonds is 4. The van der Waals surface area contributed by atoms with Crippen molar-refractivity contribution in [3.63, 3.8) is 0 Å². The molecule has 2 N–H and O–H groups in total. The Balaban J connectivity index is 0.00000162. The SMILES string of the molecule is CNCc1ccc(NC(=O)[C@H]2CCCO2)cc1.Cl. The minimum Gasteiger partial charge on any atom is -0.368 e. The van der Waals surface area contributed by atoms with Crippen LogP contribution in [0.5, 0.6) is 0 Å². The number of carbonyl (C=O) groups is 1. The number of amides is 1. The number of hydrogen-bond acceptors (Lipinski definition) is 3. The molecule has 1 saturated heterocycles. The van der Waals surface area contributed by atoms with Gasteiger partial charge in [-0.25, -0.2) is 0 Å². The van der Waals surface area contributed by atoms with Crippen LogP contribution in [0, 0.1) is 0 Å². The van der Waals surface area contributed by atoms with E-state index in [0.29, 0.717) is 6.61 Å². The number of ether oxygens (including phenoxy) is 1. The van der Waals surface area contributed by atoms with E-state index >= 15 is 0 Å². The molecule has 0 aromatic heterocycles. The first-order valence-corrected chi connectivity index (χ1v) is 5.95. The van der Waals surface area contributed by atoms with E-state index in [1.54, 1.807) is 0 Å². The van der Waals surface area contributed by atoms with Crippen molar-refractivity contribution in [1.29, 1.82) is 0 Å². The molecule has 1 fully saturated rings. The molecule has 0 saturated carbocycles. The molecule has 1 aliphatic heterocycles. The second kappa shape index (κ2) is 7.36. The van der Waals surface area contributed by atoms with E-state index in [2.05, 4.69) is 10.6 Å². The lowest BCUT2D eigenvalue weighted by Crippen LogP contribution is -2.26. The Bertz CT molecular complexity index is 375. The van der Waals surface area contributed by atoms with Crippen LogP contribution in [-0.4, -0.2) is 25.7 Å². The summed E-state index contributed by atoms with van der Waals surface area (Å²) in [5, 5.41) is 5.95. The highest BCUT2D eigenvalue weighted by atomic mass is 35.5. The zero-order valence-electron chi connectivity index (χ0n) is 10.4. The van der Waals surface area contributed by atoms with Crippen molar-refractivity contribution < 1.29 is 9.53 Å². The van der Waals surface area contributed by atoms with E-state index in [9.17, 15) is 4.79 Å².